The lowest BCUT2D eigenvalue weighted by Crippen LogP contribution is -2.35. The minimum Gasteiger partial charge on any atom is -0.356 e. The van der Waals surface area contributed by atoms with Crippen molar-refractivity contribution in [3.05, 3.63) is 89.7 Å². The van der Waals surface area contributed by atoms with Gasteiger partial charge in [-0.1, -0.05) is 24.3 Å². The van der Waals surface area contributed by atoms with Gasteiger partial charge in [-0.3, -0.25) is 4.79 Å². The minimum atomic E-state index is -3.34. The number of amides is 1. The number of benzene rings is 3. The number of sulfone groups is 1. The lowest BCUT2D eigenvalue weighted by Gasteiger charge is -2.23. The summed E-state index contributed by atoms with van der Waals surface area (Å²) in [5.41, 5.74) is 2.10. The van der Waals surface area contributed by atoms with Crippen molar-refractivity contribution in [2.75, 3.05) is 23.7 Å². The molecule has 4 N–H and O–H groups in total. The normalized spacial score (nSPS) is 15.0. The molecule has 37 heavy (non-hydrogen) atoms. The molecule has 1 atom stereocenters. The van der Waals surface area contributed by atoms with Gasteiger partial charge in [0, 0.05) is 11.4 Å². The number of anilines is 2. The van der Waals surface area contributed by atoms with E-state index in [1.54, 1.807) is 54.6 Å². The van der Waals surface area contributed by atoms with Crippen LogP contribution in [0, 0.1) is 5.82 Å². The molecule has 0 aliphatic carbocycles. The smallest absolute Gasteiger partial charge is 0.258 e. The highest BCUT2D eigenvalue weighted by Crippen LogP contribution is 2.24. The number of thiocarbonyl (C=S) groups is 1. The van der Waals surface area contributed by atoms with E-state index in [4.69, 9.17) is 12.2 Å². The van der Waals surface area contributed by atoms with E-state index in [1.807, 2.05) is 6.92 Å². The first kappa shape index (κ1) is 26.7. The summed E-state index contributed by atoms with van der Waals surface area (Å²) in [6, 6.07) is 19.4. The average Bonchev–Trinajstić information content (AvgIpc) is 2.90. The van der Waals surface area contributed by atoms with Crippen molar-refractivity contribution < 1.29 is 17.6 Å². The molecule has 1 unspecified atom stereocenters. The summed E-state index contributed by atoms with van der Waals surface area (Å²) in [5.74, 6) is -1.11. The first-order valence-corrected chi connectivity index (χ1v) is 14.0. The van der Waals surface area contributed by atoms with Crippen LogP contribution in [0.4, 0.5) is 15.8 Å². The number of hydrogen-bond acceptors (Lipinski definition) is 5. The van der Waals surface area contributed by atoms with Crippen molar-refractivity contribution >= 4 is 44.4 Å². The third-order valence-corrected chi connectivity index (χ3v) is 8.80. The van der Waals surface area contributed by atoms with Crippen LogP contribution in [0.15, 0.2) is 77.7 Å². The zero-order valence-corrected chi connectivity index (χ0v) is 22.0. The topological polar surface area (TPSA) is 99.3 Å². The largest absolute Gasteiger partial charge is 0.356 e. The van der Waals surface area contributed by atoms with Gasteiger partial charge in [0.2, 0.25) is 0 Å². The monoisotopic (exact) mass is 540 g/mol. The Morgan fingerprint density at radius 3 is 2.16 bits per heavy atom. The lowest BCUT2D eigenvalue weighted by atomic mass is 10.1. The summed E-state index contributed by atoms with van der Waals surface area (Å²) in [7, 11) is -3.34. The van der Waals surface area contributed by atoms with Gasteiger partial charge in [-0.25, -0.2) is 12.8 Å². The lowest BCUT2D eigenvalue weighted by molar-refractivity contribution is 0.102. The number of hydrogen-bond donors (Lipinski definition) is 4. The Morgan fingerprint density at radius 1 is 0.946 bits per heavy atom. The number of carbonyl (C=O) groups is 1. The van der Waals surface area contributed by atoms with Gasteiger partial charge in [0.25, 0.3) is 5.91 Å². The minimum absolute atomic E-state index is 0.0269. The summed E-state index contributed by atoms with van der Waals surface area (Å²) in [4.78, 5) is 12.6. The zero-order chi connectivity index (χ0) is 26.4. The molecule has 0 bridgehead atoms. The molecule has 1 amide bonds. The molecule has 10 heteroatoms. The van der Waals surface area contributed by atoms with Crippen LogP contribution in [0.5, 0.6) is 0 Å². The fraction of sp³-hybridized carbons (Fsp3) is 0.259. The van der Waals surface area contributed by atoms with E-state index in [-0.39, 0.29) is 16.9 Å². The van der Waals surface area contributed by atoms with Gasteiger partial charge in [0.1, 0.15) is 5.82 Å². The highest BCUT2D eigenvalue weighted by molar-refractivity contribution is 7.92. The second-order valence-corrected chi connectivity index (χ2v) is 11.5. The van der Waals surface area contributed by atoms with Gasteiger partial charge >= 0.3 is 0 Å². The maximum absolute atomic E-state index is 13.8. The number of piperidine rings is 1. The Morgan fingerprint density at radius 2 is 1.54 bits per heavy atom. The number of halogens is 1. The van der Waals surface area contributed by atoms with E-state index in [0.717, 1.165) is 18.7 Å². The Bertz CT molecular complexity index is 1360. The van der Waals surface area contributed by atoms with Crippen molar-refractivity contribution in [3.63, 3.8) is 0 Å². The van der Waals surface area contributed by atoms with E-state index in [9.17, 15) is 17.6 Å². The third-order valence-electron chi connectivity index (χ3n) is 6.30. The molecule has 1 aliphatic heterocycles. The van der Waals surface area contributed by atoms with Crippen LogP contribution in [0.1, 0.15) is 41.7 Å². The molecule has 1 aliphatic rings. The van der Waals surface area contributed by atoms with E-state index >= 15 is 0 Å². The summed E-state index contributed by atoms with van der Waals surface area (Å²) in [6.07, 6.45) is 1.25. The molecule has 0 spiro atoms. The van der Waals surface area contributed by atoms with Crippen LogP contribution >= 0.6 is 12.2 Å². The molecule has 1 saturated heterocycles. The van der Waals surface area contributed by atoms with E-state index < -0.39 is 21.6 Å². The predicted molar refractivity (Wildman–Crippen MR) is 148 cm³/mol. The van der Waals surface area contributed by atoms with Gasteiger partial charge in [-0.05, 0) is 99.2 Å². The van der Waals surface area contributed by atoms with Crippen molar-refractivity contribution in [2.45, 2.75) is 36.0 Å². The quantitative estimate of drug-likeness (QED) is 0.324. The molecular weight excluding hydrogens is 511 g/mol. The highest BCUT2D eigenvalue weighted by atomic mass is 32.2. The van der Waals surface area contributed by atoms with Crippen molar-refractivity contribution in [1.82, 2.24) is 10.6 Å². The van der Waals surface area contributed by atoms with Crippen LogP contribution in [-0.4, -0.2) is 37.8 Å². The van der Waals surface area contributed by atoms with E-state index in [1.165, 1.54) is 18.2 Å². The van der Waals surface area contributed by atoms with Crippen LogP contribution in [0.2, 0.25) is 0 Å². The predicted octanol–water partition coefficient (Wildman–Crippen LogP) is 4.65. The standard InChI is InChI=1S/C27H29FN4O3S2/c1-18(19-6-12-22(13-7-19)37(34,35)23-14-16-29-17-15-23)30-27(36)32-21-10-8-20(9-11-21)31-26(33)24-4-2-3-5-25(24)28/h2-13,18,23,29H,14-17H2,1H3,(H,31,33)(H2,30,32,36). The fourth-order valence-corrected chi connectivity index (χ4v) is 6.22. The Balaban J connectivity index is 1.31. The van der Waals surface area contributed by atoms with Gasteiger partial charge < -0.3 is 21.3 Å². The van der Waals surface area contributed by atoms with Crippen LogP contribution in [-0.2, 0) is 9.84 Å². The molecular formula is C27H29FN4O3S2. The number of rotatable bonds is 7. The molecule has 3 aromatic carbocycles. The number of nitrogens with one attached hydrogen (secondary N) is 4. The average molecular weight is 541 g/mol. The van der Waals surface area contributed by atoms with Crippen LogP contribution in [0.3, 0.4) is 0 Å². The van der Waals surface area contributed by atoms with Gasteiger partial charge in [0.15, 0.2) is 14.9 Å². The van der Waals surface area contributed by atoms with Crippen molar-refractivity contribution in [3.8, 4) is 0 Å². The Kier molecular flexibility index (Phi) is 8.52. The zero-order valence-electron chi connectivity index (χ0n) is 20.3. The van der Waals surface area contributed by atoms with Crippen LogP contribution in [0.25, 0.3) is 0 Å². The molecule has 4 rings (SSSR count). The fourth-order valence-electron chi connectivity index (χ4n) is 4.17. The molecule has 1 fully saturated rings. The second-order valence-electron chi connectivity index (χ2n) is 8.89. The van der Waals surface area contributed by atoms with Crippen molar-refractivity contribution in [1.29, 1.82) is 0 Å². The first-order valence-electron chi connectivity index (χ1n) is 12.0. The number of carbonyl (C=O) groups excluding carboxylic acids is 1. The van der Waals surface area contributed by atoms with E-state index in [2.05, 4.69) is 21.3 Å². The molecule has 0 radical (unpaired) electrons. The molecule has 0 aromatic heterocycles. The summed E-state index contributed by atoms with van der Waals surface area (Å²) in [5, 5.41) is 12.2. The maximum Gasteiger partial charge on any atom is 0.258 e. The highest BCUT2D eigenvalue weighted by Gasteiger charge is 2.28. The van der Waals surface area contributed by atoms with Crippen molar-refractivity contribution in [2.24, 2.45) is 0 Å². The van der Waals surface area contributed by atoms with Gasteiger partial charge in [0.05, 0.1) is 21.8 Å². The van der Waals surface area contributed by atoms with E-state index in [0.29, 0.717) is 34.2 Å². The third kappa shape index (κ3) is 6.71. The summed E-state index contributed by atoms with van der Waals surface area (Å²) in [6.45, 7) is 3.38. The van der Waals surface area contributed by atoms with Gasteiger partial charge in [-0.2, -0.15) is 0 Å². The van der Waals surface area contributed by atoms with Gasteiger partial charge in [-0.15, -0.1) is 0 Å². The second kappa shape index (κ2) is 11.8. The molecule has 3 aromatic rings. The Hall–Kier alpha value is -3.34. The molecule has 194 valence electrons. The van der Waals surface area contributed by atoms with Crippen LogP contribution < -0.4 is 21.3 Å². The SMILES string of the molecule is CC(NC(=S)Nc1ccc(NC(=O)c2ccccc2F)cc1)c1ccc(S(=O)(=O)C2CCNCC2)cc1. The Labute approximate surface area is 221 Å². The summed E-state index contributed by atoms with van der Waals surface area (Å²) < 4.78 is 39.6. The molecule has 7 nitrogen and oxygen atoms in total. The maximum atomic E-state index is 13.8. The molecule has 1 heterocycles. The first-order chi connectivity index (χ1) is 17.7. The molecule has 0 saturated carbocycles. The summed E-state index contributed by atoms with van der Waals surface area (Å²) >= 11 is 5.43.